The maximum absolute atomic E-state index is 12.7. The number of methoxy groups -OCH3 is 1. The molecule has 1 aromatic carbocycles. The second kappa shape index (κ2) is 4.55. The van der Waals surface area contributed by atoms with E-state index in [9.17, 15) is 4.79 Å². The molecule has 0 spiro atoms. The second-order valence-electron chi connectivity index (χ2n) is 5.94. The van der Waals surface area contributed by atoms with Crippen LogP contribution >= 0.6 is 0 Å². The largest absolute Gasteiger partial charge is 0.497 e. The molecule has 3 heteroatoms. The first-order valence-electron chi connectivity index (χ1n) is 7.06. The van der Waals surface area contributed by atoms with E-state index in [-0.39, 0.29) is 11.3 Å². The Bertz CT molecular complexity index is 495. The van der Waals surface area contributed by atoms with Gasteiger partial charge < -0.3 is 9.64 Å². The van der Waals surface area contributed by atoms with Crippen LogP contribution in [0.2, 0.25) is 0 Å². The Morgan fingerprint density at radius 2 is 2.21 bits per heavy atom. The van der Waals surface area contributed by atoms with Gasteiger partial charge in [-0.2, -0.15) is 0 Å². The van der Waals surface area contributed by atoms with Crippen LogP contribution in [-0.4, -0.2) is 31.5 Å². The number of ether oxygens (including phenoxy) is 1. The molecule has 1 heterocycles. The average molecular weight is 259 g/mol. The zero-order valence-corrected chi connectivity index (χ0v) is 11.7. The van der Waals surface area contributed by atoms with Gasteiger partial charge in [-0.25, -0.2) is 0 Å². The van der Waals surface area contributed by atoms with Crippen LogP contribution in [0.4, 0.5) is 0 Å². The van der Waals surface area contributed by atoms with E-state index in [0.717, 1.165) is 36.6 Å². The number of carbonyl (C=O) groups excluding carboxylic acids is 1. The zero-order chi connectivity index (χ0) is 13.5. The number of carbonyl (C=O) groups is 1. The molecule has 1 aliphatic heterocycles. The predicted octanol–water partition coefficient (Wildman–Crippen LogP) is 2.60. The fourth-order valence-corrected chi connectivity index (χ4v) is 3.24. The highest BCUT2D eigenvalue weighted by Crippen LogP contribution is 2.47. The summed E-state index contributed by atoms with van der Waals surface area (Å²) < 4.78 is 5.32. The van der Waals surface area contributed by atoms with Crippen molar-refractivity contribution < 1.29 is 9.53 Å². The van der Waals surface area contributed by atoms with Gasteiger partial charge in [0.15, 0.2) is 0 Å². The second-order valence-corrected chi connectivity index (χ2v) is 5.94. The molecule has 0 N–H and O–H groups in total. The van der Waals surface area contributed by atoms with Crippen molar-refractivity contribution in [3.63, 3.8) is 0 Å². The summed E-state index contributed by atoms with van der Waals surface area (Å²) in [6.45, 7) is 0.864. The molecular weight excluding hydrogens is 238 g/mol. The van der Waals surface area contributed by atoms with Crippen LogP contribution in [0.3, 0.4) is 0 Å². The topological polar surface area (TPSA) is 29.5 Å². The fourth-order valence-electron chi connectivity index (χ4n) is 3.24. The number of hydrogen-bond acceptors (Lipinski definition) is 2. The number of hydrogen-bond donors (Lipinski definition) is 0. The number of benzene rings is 1. The van der Waals surface area contributed by atoms with Crippen LogP contribution in [-0.2, 0) is 10.2 Å². The molecule has 3 nitrogen and oxygen atoms in total. The molecule has 2 aliphatic rings. The maximum Gasteiger partial charge on any atom is 0.233 e. The van der Waals surface area contributed by atoms with Gasteiger partial charge in [0.1, 0.15) is 5.75 Å². The molecule has 0 bridgehead atoms. The summed E-state index contributed by atoms with van der Waals surface area (Å²) >= 11 is 0. The average Bonchev–Trinajstić information content (AvgIpc) is 3.21. The van der Waals surface area contributed by atoms with Gasteiger partial charge in [0, 0.05) is 13.6 Å². The third-order valence-corrected chi connectivity index (χ3v) is 4.59. The standard InChI is InChI=1S/C16H21NO2/c1-17-9-8-16(15(17)18,11-12-6-7-12)13-4-3-5-14(10-13)19-2/h3-5,10,12H,6-9,11H2,1-2H3/t16-/m0/s1. The van der Waals surface area contributed by atoms with E-state index in [0.29, 0.717) is 0 Å². The summed E-state index contributed by atoms with van der Waals surface area (Å²) in [5, 5.41) is 0. The third kappa shape index (κ3) is 2.11. The van der Waals surface area contributed by atoms with Crippen LogP contribution in [0.25, 0.3) is 0 Å². The smallest absolute Gasteiger partial charge is 0.233 e. The lowest BCUT2D eigenvalue weighted by molar-refractivity contribution is -0.131. The van der Waals surface area contributed by atoms with Crippen molar-refractivity contribution in [1.82, 2.24) is 4.90 Å². The molecule has 0 radical (unpaired) electrons. The van der Waals surface area contributed by atoms with E-state index in [1.807, 2.05) is 30.1 Å². The van der Waals surface area contributed by atoms with Crippen molar-refractivity contribution in [1.29, 1.82) is 0 Å². The zero-order valence-electron chi connectivity index (χ0n) is 11.7. The Balaban J connectivity index is 2.00. The molecule has 1 atom stereocenters. The molecule has 102 valence electrons. The minimum atomic E-state index is -0.301. The Morgan fingerprint density at radius 1 is 1.42 bits per heavy atom. The Morgan fingerprint density at radius 3 is 2.79 bits per heavy atom. The van der Waals surface area contributed by atoms with E-state index in [1.165, 1.54) is 12.8 Å². The fraction of sp³-hybridized carbons (Fsp3) is 0.562. The van der Waals surface area contributed by atoms with Gasteiger partial charge in [0.05, 0.1) is 12.5 Å². The summed E-state index contributed by atoms with van der Waals surface area (Å²) in [6.07, 6.45) is 4.50. The number of amides is 1. The highest BCUT2D eigenvalue weighted by molar-refractivity contribution is 5.90. The minimum Gasteiger partial charge on any atom is -0.497 e. The molecule has 1 saturated carbocycles. The number of likely N-dealkylation sites (N-methyl/N-ethyl adjacent to an activating group) is 1. The van der Waals surface area contributed by atoms with E-state index in [2.05, 4.69) is 6.07 Å². The van der Waals surface area contributed by atoms with Gasteiger partial charge in [0.25, 0.3) is 0 Å². The van der Waals surface area contributed by atoms with Gasteiger partial charge in [-0.3, -0.25) is 4.79 Å². The lowest BCUT2D eigenvalue weighted by Gasteiger charge is -2.28. The molecule has 0 aromatic heterocycles. The SMILES string of the molecule is COc1cccc([C@@]2(CC3CC3)CCN(C)C2=O)c1. The predicted molar refractivity (Wildman–Crippen MR) is 74.3 cm³/mol. The van der Waals surface area contributed by atoms with Crippen molar-refractivity contribution in [3.05, 3.63) is 29.8 Å². The highest BCUT2D eigenvalue weighted by atomic mass is 16.5. The molecule has 3 rings (SSSR count). The Labute approximate surface area is 114 Å². The Hall–Kier alpha value is -1.51. The van der Waals surface area contributed by atoms with E-state index >= 15 is 0 Å². The van der Waals surface area contributed by atoms with Gasteiger partial charge in [-0.15, -0.1) is 0 Å². The van der Waals surface area contributed by atoms with Crippen LogP contribution < -0.4 is 4.74 Å². The molecule has 1 amide bonds. The van der Waals surface area contributed by atoms with Gasteiger partial charge in [-0.1, -0.05) is 25.0 Å². The summed E-state index contributed by atoms with van der Waals surface area (Å²) in [5.74, 6) is 1.87. The van der Waals surface area contributed by atoms with Crippen molar-refractivity contribution in [2.45, 2.75) is 31.1 Å². The molecule has 1 aromatic rings. The molecule has 2 fully saturated rings. The van der Waals surface area contributed by atoms with Gasteiger partial charge in [0.2, 0.25) is 5.91 Å². The lowest BCUT2D eigenvalue weighted by atomic mass is 9.74. The number of nitrogens with zero attached hydrogens (tertiary/aromatic N) is 1. The van der Waals surface area contributed by atoms with Crippen LogP contribution in [0.1, 0.15) is 31.2 Å². The third-order valence-electron chi connectivity index (χ3n) is 4.59. The van der Waals surface area contributed by atoms with E-state index < -0.39 is 0 Å². The van der Waals surface area contributed by atoms with Crippen LogP contribution in [0.5, 0.6) is 5.75 Å². The minimum absolute atomic E-state index is 0.285. The summed E-state index contributed by atoms with van der Waals surface area (Å²) in [4.78, 5) is 14.6. The van der Waals surface area contributed by atoms with Crippen LogP contribution in [0, 0.1) is 5.92 Å². The maximum atomic E-state index is 12.7. The van der Waals surface area contributed by atoms with Crippen LogP contribution in [0.15, 0.2) is 24.3 Å². The first-order chi connectivity index (χ1) is 9.15. The monoisotopic (exact) mass is 259 g/mol. The normalized spacial score (nSPS) is 26.8. The molecular formula is C16H21NO2. The molecule has 19 heavy (non-hydrogen) atoms. The summed E-state index contributed by atoms with van der Waals surface area (Å²) in [6, 6.07) is 8.06. The molecule has 0 unspecified atom stereocenters. The first-order valence-corrected chi connectivity index (χ1v) is 7.06. The van der Waals surface area contributed by atoms with Crippen molar-refractivity contribution in [3.8, 4) is 5.75 Å². The van der Waals surface area contributed by atoms with Gasteiger partial charge in [-0.05, 0) is 36.5 Å². The summed E-state index contributed by atoms with van der Waals surface area (Å²) in [7, 11) is 3.59. The number of likely N-dealkylation sites (tertiary alicyclic amines) is 1. The molecule has 1 aliphatic carbocycles. The van der Waals surface area contributed by atoms with Crippen molar-refractivity contribution in [2.75, 3.05) is 20.7 Å². The van der Waals surface area contributed by atoms with Crippen molar-refractivity contribution in [2.24, 2.45) is 5.92 Å². The van der Waals surface area contributed by atoms with Gasteiger partial charge >= 0.3 is 0 Å². The Kier molecular flexibility index (Phi) is 3.00. The van der Waals surface area contributed by atoms with Crippen molar-refractivity contribution >= 4 is 5.91 Å². The quantitative estimate of drug-likeness (QED) is 0.832. The van der Waals surface area contributed by atoms with E-state index in [4.69, 9.17) is 4.74 Å². The highest BCUT2D eigenvalue weighted by Gasteiger charge is 2.49. The lowest BCUT2D eigenvalue weighted by Crippen LogP contribution is -2.36. The number of rotatable bonds is 4. The summed E-state index contributed by atoms with van der Waals surface area (Å²) in [5.41, 5.74) is 0.831. The molecule has 1 saturated heterocycles. The van der Waals surface area contributed by atoms with E-state index in [1.54, 1.807) is 7.11 Å². The first kappa shape index (κ1) is 12.5.